The quantitative estimate of drug-likeness (QED) is 0.429. The van der Waals surface area contributed by atoms with E-state index in [1.807, 2.05) is 15.7 Å². The molecule has 2 aromatic carbocycles. The first-order chi connectivity index (χ1) is 16.6. The Labute approximate surface area is 206 Å². The summed E-state index contributed by atoms with van der Waals surface area (Å²) < 4.78 is 26.9. The smallest absolute Gasteiger partial charge is 0.323 e. The Morgan fingerprint density at radius 3 is 2.34 bits per heavy atom. The first-order valence-corrected chi connectivity index (χ1v) is 12.3. The van der Waals surface area contributed by atoms with Gasteiger partial charge in [0.1, 0.15) is 6.04 Å². The average Bonchev–Trinajstić information content (AvgIpc) is 2.83. The number of benzene rings is 2. The Hall–Kier alpha value is -3.66. The number of anilines is 1. The number of carbonyl (C=O) groups is 3. The molecule has 3 rings (SSSR count). The summed E-state index contributed by atoms with van der Waals surface area (Å²) in [6, 6.07) is 12.4. The van der Waals surface area contributed by atoms with Crippen LogP contribution in [0.1, 0.15) is 5.56 Å². The van der Waals surface area contributed by atoms with Crippen LogP contribution in [-0.2, 0) is 24.4 Å². The van der Waals surface area contributed by atoms with Crippen LogP contribution in [0.25, 0.3) is 0 Å². The van der Waals surface area contributed by atoms with Gasteiger partial charge in [0, 0.05) is 30.3 Å². The second kappa shape index (κ2) is 11.2. The van der Waals surface area contributed by atoms with Crippen LogP contribution in [0.15, 0.2) is 53.4 Å². The van der Waals surface area contributed by atoms with E-state index in [0.29, 0.717) is 17.1 Å². The van der Waals surface area contributed by atoms with Gasteiger partial charge >= 0.3 is 5.97 Å². The van der Waals surface area contributed by atoms with Gasteiger partial charge in [-0.25, -0.2) is 8.42 Å². The number of carbonyl (C=O) groups excluding carboxylic acids is 2. The maximum Gasteiger partial charge on any atom is 0.323 e. The second-order valence-corrected chi connectivity index (χ2v) is 9.82. The number of nitriles is 1. The van der Waals surface area contributed by atoms with Crippen molar-refractivity contribution < 1.29 is 27.9 Å². The van der Waals surface area contributed by atoms with Gasteiger partial charge in [-0.1, -0.05) is 11.6 Å². The number of carboxylic acids is 1. The fraction of sp³-hybridized carbons (Fsp3) is 0.273. The van der Waals surface area contributed by atoms with Gasteiger partial charge in [-0.05, 0) is 48.5 Å². The minimum absolute atomic E-state index is 0.0395. The Morgan fingerprint density at radius 1 is 1.11 bits per heavy atom. The van der Waals surface area contributed by atoms with Crippen LogP contribution in [-0.4, -0.2) is 75.0 Å². The zero-order valence-corrected chi connectivity index (χ0v) is 19.9. The van der Waals surface area contributed by atoms with Gasteiger partial charge in [0.2, 0.25) is 21.8 Å². The first-order valence-electron chi connectivity index (χ1n) is 10.4. The molecule has 1 aliphatic heterocycles. The van der Waals surface area contributed by atoms with Crippen LogP contribution in [0.2, 0.25) is 5.02 Å². The van der Waals surface area contributed by atoms with E-state index < -0.39 is 34.5 Å². The van der Waals surface area contributed by atoms with Gasteiger partial charge < -0.3 is 20.2 Å². The molecule has 0 aromatic heterocycles. The van der Waals surface area contributed by atoms with E-state index in [1.54, 1.807) is 24.3 Å². The number of aliphatic carboxylic acids is 1. The zero-order chi connectivity index (χ0) is 25.6. The minimum atomic E-state index is -4.17. The molecule has 35 heavy (non-hydrogen) atoms. The molecule has 2 amide bonds. The summed E-state index contributed by atoms with van der Waals surface area (Å²) in [6.07, 6.45) is 0. The Balaban J connectivity index is 1.52. The van der Waals surface area contributed by atoms with E-state index in [4.69, 9.17) is 16.9 Å². The highest BCUT2D eigenvalue weighted by atomic mass is 35.5. The van der Waals surface area contributed by atoms with Gasteiger partial charge in [0.25, 0.3) is 0 Å². The Kier molecular flexibility index (Phi) is 8.29. The number of nitrogens with one attached hydrogen (secondary N) is 2. The molecule has 0 radical (unpaired) electrons. The summed E-state index contributed by atoms with van der Waals surface area (Å²) in [4.78, 5) is 39.4. The van der Waals surface area contributed by atoms with E-state index in [9.17, 15) is 27.9 Å². The molecule has 1 fully saturated rings. The summed E-state index contributed by atoms with van der Waals surface area (Å²) in [5.41, 5.74) is 1.28. The van der Waals surface area contributed by atoms with Crippen LogP contribution >= 0.6 is 11.6 Å². The van der Waals surface area contributed by atoms with Crippen LogP contribution in [0.4, 0.5) is 5.69 Å². The summed E-state index contributed by atoms with van der Waals surface area (Å²) >= 11 is 5.75. The van der Waals surface area contributed by atoms with Gasteiger partial charge in [-0.3, -0.25) is 14.4 Å². The summed E-state index contributed by atoms with van der Waals surface area (Å²) in [5.74, 6) is -2.40. The maximum absolute atomic E-state index is 12.5. The number of hydrogen-bond acceptors (Lipinski definition) is 7. The fourth-order valence-corrected chi connectivity index (χ4v) is 4.65. The predicted octanol–water partition coefficient (Wildman–Crippen LogP) is 0.408. The predicted molar refractivity (Wildman–Crippen MR) is 126 cm³/mol. The van der Waals surface area contributed by atoms with Crippen molar-refractivity contribution in [3.63, 3.8) is 0 Å². The van der Waals surface area contributed by atoms with Gasteiger partial charge in [-0.15, -0.1) is 0 Å². The number of sulfonamides is 1. The lowest BCUT2D eigenvalue weighted by Crippen LogP contribution is -2.54. The number of halogens is 1. The molecule has 1 unspecified atom stereocenters. The highest BCUT2D eigenvalue weighted by Gasteiger charge is 2.28. The van der Waals surface area contributed by atoms with Crippen LogP contribution in [0, 0.1) is 11.3 Å². The number of amides is 2. The summed E-state index contributed by atoms with van der Waals surface area (Å²) in [5, 5.41) is 21.0. The summed E-state index contributed by atoms with van der Waals surface area (Å²) in [7, 11) is -4.17. The summed E-state index contributed by atoms with van der Waals surface area (Å²) in [6.45, 7) is -0.0457. The Morgan fingerprint density at radius 2 is 1.77 bits per heavy atom. The SMILES string of the molecule is N#Cc1ccc(N2CCN(CC(=O)NCC(NS(=O)(=O)c3ccc(Cl)cc3)C(=O)O)C(=O)C2)cc1. The lowest BCUT2D eigenvalue weighted by atomic mass is 10.2. The molecule has 1 aliphatic rings. The molecule has 1 atom stereocenters. The number of nitrogens with zero attached hydrogens (tertiary/aromatic N) is 3. The van der Waals surface area contributed by atoms with Crippen molar-refractivity contribution in [2.45, 2.75) is 10.9 Å². The van der Waals surface area contributed by atoms with Crippen LogP contribution in [0.3, 0.4) is 0 Å². The standard InChI is InChI=1S/C22H22ClN5O6S/c23-16-3-7-18(8-4-16)35(33,34)26-19(22(31)32)12-25-20(29)13-28-10-9-27(14-21(28)30)17-5-1-15(11-24)2-6-17/h1-8,19,26H,9-10,12-14H2,(H,25,29)(H,31,32). The third kappa shape index (κ3) is 6.92. The van der Waals surface area contributed by atoms with Crippen molar-refractivity contribution in [3.8, 4) is 6.07 Å². The number of rotatable bonds is 9. The molecule has 13 heteroatoms. The molecule has 0 bridgehead atoms. The fourth-order valence-electron chi connectivity index (χ4n) is 3.34. The van der Waals surface area contributed by atoms with Gasteiger partial charge in [0.15, 0.2) is 0 Å². The molecule has 2 aromatic rings. The molecule has 184 valence electrons. The lowest BCUT2D eigenvalue weighted by Gasteiger charge is -2.35. The minimum Gasteiger partial charge on any atom is -0.480 e. The van der Waals surface area contributed by atoms with Crippen molar-refractivity contribution in [2.24, 2.45) is 0 Å². The maximum atomic E-state index is 12.5. The highest BCUT2D eigenvalue weighted by molar-refractivity contribution is 7.89. The second-order valence-electron chi connectivity index (χ2n) is 7.67. The first kappa shape index (κ1) is 26.0. The third-order valence-corrected chi connectivity index (χ3v) is 6.98. The molecule has 0 spiro atoms. The van der Waals surface area contributed by atoms with Gasteiger partial charge in [-0.2, -0.15) is 9.98 Å². The molecular formula is C22H22ClN5O6S. The largest absolute Gasteiger partial charge is 0.480 e. The van der Waals surface area contributed by atoms with E-state index in [0.717, 1.165) is 5.69 Å². The highest BCUT2D eigenvalue weighted by Crippen LogP contribution is 2.18. The molecule has 0 saturated carbocycles. The van der Waals surface area contributed by atoms with Crippen molar-refractivity contribution >= 4 is 45.1 Å². The normalized spacial score (nSPS) is 14.8. The van der Waals surface area contributed by atoms with Crippen LogP contribution < -0.4 is 14.9 Å². The van der Waals surface area contributed by atoms with Crippen molar-refractivity contribution in [1.29, 1.82) is 5.26 Å². The average molecular weight is 520 g/mol. The number of piperazine rings is 1. The monoisotopic (exact) mass is 519 g/mol. The lowest BCUT2D eigenvalue weighted by molar-refractivity contribution is -0.139. The molecule has 1 saturated heterocycles. The Bertz CT molecular complexity index is 1240. The molecular weight excluding hydrogens is 498 g/mol. The third-order valence-electron chi connectivity index (χ3n) is 5.24. The molecule has 0 aliphatic carbocycles. The van der Waals surface area contributed by atoms with Crippen molar-refractivity contribution in [2.75, 3.05) is 37.6 Å². The molecule has 11 nitrogen and oxygen atoms in total. The van der Waals surface area contributed by atoms with Gasteiger partial charge in [0.05, 0.1) is 29.6 Å². The number of hydrogen-bond donors (Lipinski definition) is 3. The van der Waals surface area contributed by atoms with Crippen LogP contribution in [0.5, 0.6) is 0 Å². The van der Waals surface area contributed by atoms with E-state index in [1.165, 1.54) is 29.2 Å². The van der Waals surface area contributed by atoms with E-state index in [2.05, 4.69) is 5.32 Å². The van der Waals surface area contributed by atoms with E-state index in [-0.39, 0.29) is 30.4 Å². The van der Waals surface area contributed by atoms with Crippen molar-refractivity contribution in [3.05, 3.63) is 59.1 Å². The molecule has 1 heterocycles. The van der Waals surface area contributed by atoms with E-state index >= 15 is 0 Å². The molecule has 3 N–H and O–H groups in total. The number of carboxylic acid groups (broad SMARTS) is 1. The van der Waals surface area contributed by atoms with Crippen molar-refractivity contribution in [1.82, 2.24) is 14.9 Å². The topological polar surface area (TPSA) is 160 Å². The zero-order valence-electron chi connectivity index (χ0n) is 18.3.